The normalized spacial score (nSPS) is 12.6. The summed E-state index contributed by atoms with van der Waals surface area (Å²) in [5, 5.41) is 6.84. The lowest BCUT2D eigenvalue weighted by molar-refractivity contribution is 0.593. The number of hydrogen-bond acceptors (Lipinski definition) is 3. The van der Waals surface area contributed by atoms with Crippen molar-refractivity contribution in [3.8, 4) is 0 Å². The van der Waals surface area contributed by atoms with Gasteiger partial charge >= 0.3 is 0 Å². The highest BCUT2D eigenvalue weighted by molar-refractivity contribution is 9.10. The largest absolute Gasteiger partial charge is 0.304 e. The van der Waals surface area contributed by atoms with Crippen LogP contribution in [0.2, 0.25) is 0 Å². The van der Waals surface area contributed by atoms with Gasteiger partial charge in [0.1, 0.15) is 5.01 Å². The molecular formula is C15H19BrN2S. The van der Waals surface area contributed by atoms with Crippen LogP contribution in [0, 0.1) is 13.8 Å². The molecule has 1 unspecified atom stereocenters. The molecule has 0 aliphatic rings. The third kappa shape index (κ3) is 3.65. The van der Waals surface area contributed by atoms with E-state index in [0.29, 0.717) is 0 Å². The number of rotatable bonds is 5. The highest BCUT2D eigenvalue weighted by Crippen LogP contribution is 2.31. The Labute approximate surface area is 127 Å². The zero-order valence-electron chi connectivity index (χ0n) is 11.5. The van der Waals surface area contributed by atoms with Crippen molar-refractivity contribution >= 4 is 27.3 Å². The molecule has 0 saturated heterocycles. The van der Waals surface area contributed by atoms with Crippen LogP contribution >= 0.6 is 27.3 Å². The number of hydrogen-bond donors (Lipinski definition) is 1. The molecule has 1 aromatic carbocycles. The fraction of sp³-hybridized carbons (Fsp3) is 0.400. The maximum atomic E-state index is 4.64. The molecule has 0 amide bonds. The van der Waals surface area contributed by atoms with Gasteiger partial charge in [0.25, 0.3) is 0 Å². The van der Waals surface area contributed by atoms with Crippen molar-refractivity contribution in [1.29, 1.82) is 0 Å². The van der Waals surface area contributed by atoms with Crippen LogP contribution < -0.4 is 5.32 Å². The number of aryl methyl sites for hydroxylation is 2. The van der Waals surface area contributed by atoms with E-state index in [9.17, 15) is 0 Å². The van der Waals surface area contributed by atoms with Crippen LogP contribution in [-0.2, 0) is 0 Å². The van der Waals surface area contributed by atoms with Crippen molar-refractivity contribution in [3.63, 3.8) is 0 Å². The standard InChI is InChI=1S/C15H19BrN2S/c1-4-7-17-14(15-18-11(3)9-19-15)12-6-5-10(2)8-13(12)16/h5-6,8-9,14,17H,4,7H2,1-3H3. The van der Waals surface area contributed by atoms with Gasteiger partial charge in [-0.15, -0.1) is 11.3 Å². The van der Waals surface area contributed by atoms with Crippen molar-refractivity contribution in [2.24, 2.45) is 0 Å². The molecule has 1 aromatic heterocycles. The quantitative estimate of drug-likeness (QED) is 0.860. The first-order valence-corrected chi connectivity index (χ1v) is 8.20. The summed E-state index contributed by atoms with van der Waals surface area (Å²) >= 11 is 5.40. The minimum absolute atomic E-state index is 0.175. The number of thiazole rings is 1. The number of nitrogens with one attached hydrogen (secondary N) is 1. The summed E-state index contributed by atoms with van der Waals surface area (Å²) in [5.74, 6) is 0. The topological polar surface area (TPSA) is 24.9 Å². The Morgan fingerprint density at radius 2 is 2.16 bits per heavy atom. The predicted molar refractivity (Wildman–Crippen MR) is 85.9 cm³/mol. The lowest BCUT2D eigenvalue weighted by atomic mass is 10.1. The number of aromatic nitrogens is 1. The van der Waals surface area contributed by atoms with Gasteiger partial charge in [0, 0.05) is 15.5 Å². The molecule has 102 valence electrons. The highest BCUT2D eigenvalue weighted by Gasteiger charge is 2.19. The van der Waals surface area contributed by atoms with Crippen LogP contribution in [0.25, 0.3) is 0 Å². The van der Waals surface area contributed by atoms with Gasteiger partial charge in [-0.3, -0.25) is 0 Å². The Morgan fingerprint density at radius 3 is 2.74 bits per heavy atom. The molecule has 19 heavy (non-hydrogen) atoms. The van der Waals surface area contributed by atoms with Gasteiger partial charge in [0.2, 0.25) is 0 Å². The predicted octanol–water partition coefficient (Wildman–Crippen LogP) is 4.61. The molecule has 1 N–H and O–H groups in total. The lowest BCUT2D eigenvalue weighted by Crippen LogP contribution is -2.23. The molecule has 0 fully saturated rings. The Bertz CT molecular complexity index is 551. The smallest absolute Gasteiger partial charge is 0.114 e. The summed E-state index contributed by atoms with van der Waals surface area (Å²) in [4.78, 5) is 4.64. The average Bonchev–Trinajstić information content (AvgIpc) is 2.78. The molecule has 0 saturated carbocycles. The Kier molecular flexibility index (Phi) is 5.13. The second-order valence-electron chi connectivity index (χ2n) is 4.74. The van der Waals surface area contributed by atoms with Crippen molar-refractivity contribution in [2.75, 3.05) is 6.54 Å². The van der Waals surface area contributed by atoms with Crippen LogP contribution in [0.15, 0.2) is 28.1 Å². The van der Waals surface area contributed by atoms with Gasteiger partial charge in [0.15, 0.2) is 0 Å². The van der Waals surface area contributed by atoms with Gasteiger partial charge in [-0.1, -0.05) is 35.0 Å². The fourth-order valence-corrected chi connectivity index (χ4v) is 3.60. The molecule has 0 aliphatic carbocycles. The third-order valence-electron chi connectivity index (χ3n) is 2.95. The van der Waals surface area contributed by atoms with Crippen molar-refractivity contribution in [3.05, 3.63) is 49.9 Å². The van der Waals surface area contributed by atoms with Gasteiger partial charge in [-0.25, -0.2) is 4.98 Å². The van der Waals surface area contributed by atoms with E-state index in [4.69, 9.17) is 0 Å². The van der Waals surface area contributed by atoms with E-state index in [0.717, 1.165) is 28.1 Å². The van der Waals surface area contributed by atoms with E-state index in [1.165, 1.54) is 11.1 Å². The molecule has 0 aliphatic heterocycles. The molecule has 0 bridgehead atoms. The molecule has 0 spiro atoms. The Morgan fingerprint density at radius 1 is 1.37 bits per heavy atom. The average molecular weight is 339 g/mol. The Hall–Kier alpha value is -0.710. The lowest BCUT2D eigenvalue weighted by Gasteiger charge is -2.18. The van der Waals surface area contributed by atoms with E-state index < -0.39 is 0 Å². The van der Waals surface area contributed by atoms with E-state index in [1.54, 1.807) is 11.3 Å². The van der Waals surface area contributed by atoms with Crippen molar-refractivity contribution in [2.45, 2.75) is 33.2 Å². The molecule has 1 heterocycles. The molecular weight excluding hydrogens is 320 g/mol. The first kappa shape index (κ1) is 14.7. The van der Waals surface area contributed by atoms with Crippen LogP contribution in [-0.4, -0.2) is 11.5 Å². The minimum Gasteiger partial charge on any atom is -0.304 e. The van der Waals surface area contributed by atoms with E-state index >= 15 is 0 Å². The number of halogens is 1. The summed E-state index contributed by atoms with van der Waals surface area (Å²) in [6.07, 6.45) is 1.12. The van der Waals surface area contributed by atoms with Gasteiger partial charge in [-0.2, -0.15) is 0 Å². The summed E-state index contributed by atoms with van der Waals surface area (Å²) in [7, 11) is 0. The van der Waals surface area contributed by atoms with Crippen molar-refractivity contribution in [1.82, 2.24) is 10.3 Å². The highest BCUT2D eigenvalue weighted by atomic mass is 79.9. The number of benzene rings is 1. The maximum Gasteiger partial charge on any atom is 0.114 e. The zero-order valence-corrected chi connectivity index (χ0v) is 13.9. The third-order valence-corrected chi connectivity index (χ3v) is 4.66. The second kappa shape index (κ2) is 6.64. The molecule has 2 rings (SSSR count). The first-order chi connectivity index (χ1) is 9.11. The molecule has 2 aromatic rings. The van der Waals surface area contributed by atoms with E-state index in [2.05, 4.69) is 63.7 Å². The number of nitrogens with zero attached hydrogens (tertiary/aromatic N) is 1. The van der Waals surface area contributed by atoms with Crippen LogP contribution in [0.4, 0.5) is 0 Å². The molecule has 4 heteroatoms. The van der Waals surface area contributed by atoms with Gasteiger partial charge in [-0.05, 0) is 44.0 Å². The zero-order chi connectivity index (χ0) is 13.8. The van der Waals surface area contributed by atoms with E-state index in [-0.39, 0.29) is 6.04 Å². The summed E-state index contributed by atoms with van der Waals surface area (Å²) in [6, 6.07) is 6.68. The van der Waals surface area contributed by atoms with Gasteiger partial charge < -0.3 is 5.32 Å². The summed E-state index contributed by atoms with van der Waals surface area (Å²) in [6.45, 7) is 7.32. The van der Waals surface area contributed by atoms with E-state index in [1.807, 2.05) is 6.92 Å². The van der Waals surface area contributed by atoms with Crippen LogP contribution in [0.1, 0.15) is 41.2 Å². The molecule has 1 atom stereocenters. The van der Waals surface area contributed by atoms with Crippen LogP contribution in [0.5, 0.6) is 0 Å². The first-order valence-electron chi connectivity index (χ1n) is 6.53. The maximum absolute atomic E-state index is 4.64. The fourth-order valence-electron chi connectivity index (χ4n) is 1.99. The Balaban J connectivity index is 2.36. The summed E-state index contributed by atoms with van der Waals surface area (Å²) in [5.41, 5.74) is 3.61. The van der Waals surface area contributed by atoms with Crippen LogP contribution in [0.3, 0.4) is 0 Å². The second-order valence-corrected chi connectivity index (χ2v) is 6.48. The monoisotopic (exact) mass is 338 g/mol. The SMILES string of the molecule is CCCNC(c1nc(C)cs1)c1ccc(C)cc1Br. The minimum atomic E-state index is 0.175. The van der Waals surface area contributed by atoms with Crippen molar-refractivity contribution < 1.29 is 0 Å². The van der Waals surface area contributed by atoms with Gasteiger partial charge in [0.05, 0.1) is 6.04 Å². The molecule has 2 nitrogen and oxygen atoms in total. The summed E-state index contributed by atoms with van der Waals surface area (Å²) < 4.78 is 1.15. The molecule has 0 radical (unpaired) electrons.